The van der Waals surface area contributed by atoms with Gasteiger partial charge in [0, 0.05) is 11.7 Å². The van der Waals surface area contributed by atoms with Crippen LogP contribution in [0, 0.1) is 6.92 Å². The number of carbonyl (C=O) groups excluding carboxylic acids is 1. The molecule has 1 atom stereocenters. The van der Waals surface area contributed by atoms with Crippen molar-refractivity contribution in [2.45, 2.75) is 39.7 Å². The van der Waals surface area contributed by atoms with Crippen molar-refractivity contribution >= 4 is 29.0 Å². The number of anilines is 1. The number of methoxy groups -OCH3 is 1. The van der Waals surface area contributed by atoms with Crippen LogP contribution in [0.25, 0.3) is 0 Å². The Kier molecular flexibility index (Phi) is 6.45. The number of carbonyl (C=O) groups is 1. The van der Waals surface area contributed by atoms with Crippen molar-refractivity contribution in [1.82, 2.24) is 5.32 Å². The first-order chi connectivity index (χ1) is 9.47. The summed E-state index contributed by atoms with van der Waals surface area (Å²) in [5.74, 6) is -0.355. The minimum Gasteiger partial charge on any atom is -0.465 e. The molecule has 2 N–H and O–H groups in total. The average molecular weight is 294 g/mol. The third-order valence-corrected chi connectivity index (χ3v) is 3.23. The maximum Gasteiger partial charge on any atom is 0.337 e. The third-order valence-electron chi connectivity index (χ3n) is 3.01. The molecule has 0 aliphatic carbocycles. The van der Waals surface area contributed by atoms with Gasteiger partial charge < -0.3 is 15.4 Å². The van der Waals surface area contributed by atoms with Gasteiger partial charge in [-0.2, -0.15) is 0 Å². The van der Waals surface area contributed by atoms with E-state index in [9.17, 15) is 4.79 Å². The van der Waals surface area contributed by atoms with Crippen molar-refractivity contribution in [3.63, 3.8) is 0 Å². The highest BCUT2D eigenvalue weighted by molar-refractivity contribution is 7.80. The molecule has 1 aromatic carbocycles. The zero-order valence-electron chi connectivity index (χ0n) is 12.4. The van der Waals surface area contributed by atoms with Gasteiger partial charge in [-0.05, 0) is 50.2 Å². The van der Waals surface area contributed by atoms with Crippen LogP contribution in [-0.4, -0.2) is 24.2 Å². The second kappa shape index (κ2) is 7.85. The summed E-state index contributed by atoms with van der Waals surface area (Å²) in [5.41, 5.74) is 2.34. The van der Waals surface area contributed by atoms with E-state index in [4.69, 9.17) is 17.0 Å². The van der Waals surface area contributed by atoms with E-state index in [-0.39, 0.29) is 5.97 Å². The highest BCUT2D eigenvalue weighted by Crippen LogP contribution is 2.17. The van der Waals surface area contributed by atoms with Gasteiger partial charge in [0.2, 0.25) is 0 Å². The molecule has 0 saturated carbocycles. The highest BCUT2D eigenvalue weighted by Gasteiger charge is 2.09. The fourth-order valence-electron chi connectivity index (χ4n) is 1.89. The maximum absolute atomic E-state index is 11.5. The lowest BCUT2D eigenvalue weighted by Crippen LogP contribution is -2.35. The normalized spacial score (nSPS) is 11.6. The Balaban J connectivity index is 2.76. The number of thiocarbonyl (C=S) groups is 1. The van der Waals surface area contributed by atoms with E-state index < -0.39 is 0 Å². The Morgan fingerprint density at radius 2 is 2.15 bits per heavy atom. The summed E-state index contributed by atoms with van der Waals surface area (Å²) < 4.78 is 4.72. The zero-order valence-corrected chi connectivity index (χ0v) is 13.3. The van der Waals surface area contributed by atoms with Crippen LogP contribution in [0.4, 0.5) is 5.69 Å². The molecule has 0 aliphatic rings. The first-order valence-electron chi connectivity index (χ1n) is 6.74. The molecule has 0 heterocycles. The largest absolute Gasteiger partial charge is 0.465 e. The summed E-state index contributed by atoms with van der Waals surface area (Å²) >= 11 is 5.29. The summed E-state index contributed by atoms with van der Waals surface area (Å²) in [6.07, 6.45) is 2.16. The van der Waals surface area contributed by atoms with E-state index >= 15 is 0 Å². The number of aryl methyl sites for hydroxylation is 1. The molecule has 0 fully saturated rings. The van der Waals surface area contributed by atoms with E-state index in [2.05, 4.69) is 24.5 Å². The zero-order chi connectivity index (χ0) is 15.1. The third kappa shape index (κ3) is 4.81. The Bertz CT molecular complexity index is 489. The molecule has 110 valence electrons. The molecule has 0 saturated heterocycles. The molecule has 0 aliphatic heterocycles. The standard InChI is InChI=1S/C15H22N2O2S/c1-5-6-11(3)16-15(20)17-13-9-12(14(18)19-4)8-7-10(13)2/h7-9,11H,5-6H2,1-4H3,(H2,16,17,20). The first kappa shape index (κ1) is 16.4. The van der Waals surface area contributed by atoms with Gasteiger partial charge in [-0.3, -0.25) is 0 Å². The molecule has 0 aromatic heterocycles. The second-order valence-electron chi connectivity index (χ2n) is 4.81. The van der Waals surface area contributed by atoms with Gasteiger partial charge >= 0.3 is 5.97 Å². The van der Waals surface area contributed by atoms with Crippen molar-refractivity contribution < 1.29 is 9.53 Å². The molecule has 1 aromatic rings. The summed E-state index contributed by atoms with van der Waals surface area (Å²) in [6, 6.07) is 5.68. The Hall–Kier alpha value is -1.62. The van der Waals surface area contributed by atoms with Crippen molar-refractivity contribution in [1.29, 1.82) is 0 Å². The van der Waals surface area contributed by atoms with E-state index in [1.54, 1.807) is 12.1 Å². The van der Waals surface area contributed by atoms with Gasteiger partial charge in [-0.15, -0.1) is 0 Å². The van der Waals surface area contributed by atoms with Crippen LogP contribution in [0.15, 0.2) is 18.2 Å². The van der Waals surface area contributed by atoms with Crippen LogP contribution in [0.3, 0.4) is 0 Å². The van der Waals surface area contributed by atoms with Crippen LogP contribution in [0.2, 0.25) is 0 Å². The SMILES string of the molecule is CCCC(C)NC(=S)Nc1cc(C(=O)OC)ccc1C. The number of hydrogen-bond acceptors (Lipinski definition) is 3. The molecule has 0 bridgehead atoms. The molecule has 20 heavy (non-hydrogen) atoms. The summed E-state index contributed by atoms with van der Waals surface area (Å²) in [6.45, 7) is 6.19. The molecule has 1 unspecified atom stereocenters. The van der Waals surface area contributed by atoms with Crippen molar-refractivity contribution in [3.05, 3.63) is 29.3 Å². The molecule has 0 amide bonds. The highest BCUT2D eigenvalue weighted by atomic mass is 32.1. The van der Waals surface area contributed by atoms with Gasteiger partial charge in [0.1, 0.15) is 0 Å². The summed E-state index contributed by atoms with van der Waals surface area (Å²) in [7, 11) is 1.37. The molecular weight excluding hydrogens is 272 g/mol. The number of nitrogens with one attached hydrogen (secondary N) is 2. The van der Waals surface area contributed by atoms with Crippen molar-refractivity contribution in [3.8, 4) is 0 Å². The predicted molar refractivity (Wildman–Crippen MR) is 86.2 cm³/mol. The molecule has 4 nitrogen and oxygen atoms in total. The quantitative estimate of drug-likeness (QED) is 0.645. The fourth-order valence-corrected chi connectivity index (χ4v) is 2.20. The van der Waals surface area contributed by atoms with Crippen molar-refractivity contribution in [2.24, 2.45) is 0 Å². The van der Waals surface area contributed by atoms with Gasteiger partial charge in [0.25, 0.3) is 0 Å². The molecule has 1 rings (SSSR count). The van der Waals surface area contributed by atoms with E-state index in [0.29, 0.717) is 16.7 Å². The van der Waals surface area contributed by atoms with Crippen LogP contribution < -0.4 is 10.6 Å². The Morgan fingerprint density at radius 1 is 1.45 bits per heavy atom. The van der Waals surface area contributed by atoms with Crippen LogP contribution in [0.5, 0.6) is 0 Å². The summed E-state index contributed by atoms with van der Waals surface area (Å²) in [5, 5.41) is 6.92. The lowest BCUT2D eigenvalue weighted by Gasteiger charge is -2.17. The first-order valence-corrected chi connectivity index (χ1v) is 7.15. The van der Waals surface area contributed by atoms with E-state index in [1.165, 1.54) is 7.11 Å². The fraction of sp³-hybridized carbons (Fsp3) is 0.467. The summed E-state index contributed by atoms with van der Waals surface area (Å²) in [4.78, 5) is 11.5. The van der Waals surface area contributed by atoms with Crippen LogP contribution >= 0.6 is 12.2 Å². The molecular formula is C15H22N2O2S. The maximum atomic E-state index is 11.5. The molecule has 0 spiro atoms. The predicted octanol–water partition coefficient (Wildman–Crippen LogP) is 3.26. The number of benzene rings is 1. The van der Waals surface area contributed by atoms with E-state index in [0.717, 1.165) is 24.1 Å². The lowest BCUT2D eigenvalue weighted by atomic mass is 10.1. The van der Waals surface area contributed by atoms with Crippen molar-refractivity contribution in [2.75, 3.05) is 12.4 Å². The van der Waals surface area contributed by atoms with Crippen LogP contribution in [0.1, 0.15) is 42.6 Å². The van der Waals surface area contributed by atoms with Gasteiger partial charge in [-0.1, -0.05) is 19.4 Å². The van der Waals surface area contributed by atoms with Gasteiger partial charge in [0.15, 0.2) is 5.11 Å². The number of esters is 1. The Morgan fingerprint density at radius 3 is 2.75 bits per heavy atom. The number of ether oxygens (including phenoxy) is 1. The second-order valence-corrected chi connectivity index (χ2v) is 5.22. The minimum atomic E-state index is -0.355. The van der Waals surface area contributed by atoms with E-state index in [1.807, 2.05) is 13.0 Å². The molecule has 5 heteroatoms. The van der Waals surface area contributed by atoms with Gasteiger partial charge in [0.05, 0.1) is 12.7 Å². The number of rotatable bonds is 5. The monoisotopic (exact) mass is 294 g/mol. The smallest absolute Gasteiger partial charge is 0.337 e. The average Bonchev–Trinajstić information content (AvgIpc) is 2.40. The minimum absolute atomic E-state index is 0.323. The molecule has 0 radical (unpaired) electrons. The number of hydrogen-bond donors (Lipinski definition) is 2. The van der Waals surface area contributed by atoms with Crippen LogP contribution in [-0.2, 0) is 4.74 Å². The lowest BCUT2D eigenvalue weighted by molar-refractivity contribution is 0.0601. The van der Waals surface area contributed by atoms with Gasteiger partial charge in [-0.25, -0.2) is 4.79 Å². The topological polar surface area (TPSA) is 50.4 Å². The Labute approximate surface area is 125 Å².